The summed E-state index contributed by atoms with van der Waals surface area (Å²) in [7, 11) is -8.96. The maximum absolute atomic E-state index is 12.8. The van der Waals surface area contributed by atoms with E-state index < -0.39 is 60.3 Å². The Kier molecular flexibility index (Phi) is 5.13. The van der Waals surface area contributed by atoms with Gasteiger partial charge in [-0.1, -0.05) is 11.6 Å². The van der Waals surface area contributed by atoms with Gasteiger partial charge < -0.3 is 0 Å². The van der Waals surface area contributed by atoms with Gasteiger partial charge in [0.1, 0.15) is 12.1 Å². The maximum Gasteiger partial charge on any atom is 0.295 e. The lowest BCUT2D eigenvalue weighted by Crippen LogP contribution is -2.35. The number of aromatic nitrogens is 2. The minimum absolute atomic E-state index is 0.111. The zero-order chi connectivity index (χ0) is 20.0. The molecule has 0 radical (unpaired) electrons. The van der Waals surface area contributed by atoms with E-state index in [1.165, 1.54) is 0 Å². The minimum Gasteiger partial charge on any atom is -0.258 e. The van der Waals surface area contributed by atoms with Crippen molar-refractivity contribution in [3.63, 3.8) is 0 Å². The number of nitro groups is 1. The molecule has 0 unspecified atom stereocenters. The molecule has 1 aromatic carbocycles. The lowest BCUT2D eigenvalue weighted by atomic mass is 10.2. The van der Waals surface area contributed by atoms with Crippen molar-refractivity contribution in [2.75, 3.05) is 16.2 Å². The van der Waals surface area contributed by atoms with Crippen LogP contribution >= 0.6 is 11.6 Å². The lowest BCUT2D eigenvalue weighted by molar-refractivity contribution is -0.383. The molecule has 0 aliphatic heterocycles. The Morgan fingerprint density at radius 2 is 1.81 bits per heavy atom. The molecule has 2 aromatic rings. The monoisotopic (exact) mass is 432 g/mol. The summed E-state index contributed by atoms with van der Waals surface area (Å²) in [5, 5.41) is 14.1. The number of halogens is 3. The summed E-state index contributed by atoms with van der Waals surface area (Å²) in [6.45, 7) is -1.14. The van der Waals surface area contributed by atoms with Gasteiger partial charge in [0, 0.05) is 6.07 Å². The zero-order valence-electron chi connectivity index (χ0n) is 13.1. The molecule has 10 nitrogen and oxygen atoms in total. The molecule has 1 aromatic heterocycles. The van der Waals surface area contributed by atoms with E-state index in [9.17, 15) is 35.7 Å². The van der Waals surface area contributed by atoms with Crippen LogP contribution in [-0.2, 0) is 26.6 Å². The number of non-ortho nitro benzene ring substituents is 1. The zero-order valence-corrected chi connectivity index (χ0v) is 15.5. The lowest BCUT2D eigenvalue weighted by Gasteiger charge is -2.17. The maximum atomic E-state index is 12.8. The molecule has 0 spiro atoms. The summed E-state index contributed by atoms with van der Waals surface area (Å²) in [4.78, 5) is 10.3. The SMILES string of the molecule is CS(=O)(=O)N(c1nn(CC(F)F)c2c([N+](=O)[O-])ccc(Cl)c12)S(C)(=O)=O. The third kappa shape index (κ3) is 3.71. The van der Waals surface area contributed by atoms with E-state index in [1.54, 1.807) is 0 Å². The van der Waals surface area contributed by atoms with Gasteiger partial charge in [-0.3, -0.25) is 10.1 Å². The Hall–Kier alpha value is -2.06. The molecule has 15 heteroatoms. The first kappa shape index (κ1) is 20.3. The summed E-state index contributed by atoms with van der Waals surface area (Å²) in [6, 6.07) is 1.94. The smallest absolute Gasteiger partial charge is 0.258 e. The van der Waals surface area contributed by atoms with Crippen molar-refractivity contribution in [1.82, 2.24) is 9.78 Å². The topological polar surface area (TPSA) is 132 Å². The van der Waals surface area contributed by atoms with E-state index in [0.717, 1.165) is 12.1 Å². The molecule has 144 valence electrons. The standard InChI is InChI=1S/C11H11ClF2N4O6S2/c1-25(21,22)18(26(2,23)24)11-9-6(12)3-4-7(17(19)20)10(9)16(15-11)5-8(13)14/h3-4,8H,5H2,1-2H3. The van der Waals surface area contributed by atoms with Gasteiger partial charge in [0.15, 0.2) is 5.82 Å². The second-order valence-corrected chi connectivity index (χ2v) is 9.47. The van der Waals surface area contributed by atoms with E-state index >= 15 is 0 Å². The molecule has 0 amide bonds. The second kappa shape index (κ2) is 6.59. The quantitative estimate of drug-likeness (QED) is 0.500. The second-order valence-electron chi connectivity index (χ2n) is 5.17. The van der Waals surface area contributed by atoms with Crippen LogP contribution < -0.4 is 3.71 Å². The molecule has 26 heavy (non-hydrogen) atoms. The highest BCUT2D eigenvalue weighted by Crippen LogP contribution is 2.39. The number of alkyl halides is 2. The number of benzene rings is 1. The molecular formula is C11H11ClF2N4O6S2. The van der Waals surface area contributed by atoms with E-state index in [2.05, 4.69) is 5.10 Å². The van der Waals surface area contributed by atoms with E-state index in [4.69, 9.17) is 11.6 Å². The fourth-order valence-corrected chi connectivity index (χ4v) is 5.43. The van der Waals surface area contributed by atoms with Gasteiger partial charge in [0.2, 0.25) is 20.0 Å². The highest BCUT2D eigenvalue weighted by atomic mass is 35.5. The molecule has 0 saturated carbocycles. The first-order valence-corrected chi connectivity index (χ1v) is 10.6. The normalized spacial score (nSPS) is 12.7. The molecular weight excluding hydrogens is 422 g/mol. The largest absolute Gasteiger partial charge is 0.295 e. The number of fused-ring (bicyclic) bond motifs is 1. The molecule has 0 atom stereocenters. The average Bonchev–Trinajstić information content (AvgIpc) is 2.74. The van der Waals surface area contributed by atoms with Crippen molar-refractivity contribution >= 4 is 54.1 Å². The Bertz CT molecular complexity index is 1070. The van der Waals surface area contributed by atoms with Crippen LogP contribution in [0.4, 0.5) is 20.3 Å². The number of rotatable bonds is 6. The summed E-state index contributed by atoms with van der Waals surface area (Å²) < 4.78 is 73.9. The number of nitro benzene ring substituents is 1. The van der Waals surface area contributed by atoms with Crippen molar-refractivity contribution in [3.8, 4) is 0 Å². The Balaban J connectivity index is 3.05. The number of nitrogens with zero attached hydrogens (tertiary/aromatic N) is 4. The fourth-order valence-electron chi connectivity index (χ4n) is 2.34. The van der Waals surface area contributed by atoms with Crippen molar-refractivity contribution in [2.24, 2.45) is 0 Å². The molecule has 0 N–H and O–H groups in total. The first-order valence-electron chi connectivity index (χ1n) is 6.57. The third-order valence-electron chi connectivity index (χ3n) is 3.09. The van der Waals surface area contributed by atoms with Gasteiger partial charge in [-0.15, -0.1) is 3.71 Å². The molecule has 0 aliphatic carbocycles. The highest BCUT2D eigenvalue weighted by molar-refractivity contribution is 8.09. The molecule has 2 rings (SSSR count). The van der Waals surface area contributed by atoms with Gasteiger partial charge in [0.05, 0.1) is 27.8 Å². The number of anilines is 1. The van der Waals surface area contributed by atoms with Crippen molar-refractivity contribution in [2.45, 2.75) is 13.0 Å². The van der Waals surface area contributed by atoms with Crippen LogP contribution in [0.5, 0.6) is 0 Å². The molecule has 0 bridgehead atoms. The Morgan fingerprint density at radius 3 is 2.23 bits per heavy atom. The third-order valence-corrected chi connectivity index (χ3v) is 6.58. The van der Waals surface area contributed by atoms with Gasteiger partial charge >= 0.3 is 0 Å². The number of hydrogen-bond donors (Lipinski definition) is 0. The Labute approximate surface area is 151 Å². The van der Waals surface area contributed by atoms with Crippen molar-refractivity contribution < 1.29 is 30.5 Å². The van der Waals surface area contributed by atoms with Crippen LogP contribution in [0.2, 0.25) is 5.02 Å². The van der Waals surface area contributed by atoms with Crippen LogP contribution in [0, 0.1) is 10.1 Å². The first-order chi connectivity index (χ1) is 11.7. The van der Waals surface area contributed by atoms with Gasteiger partial charge in [-0.2, -0.15) is 5.10 Å². The van der Waals surface area contributed by atoms with Crippen LogP contribution in [0.1, 0.15) is 0 Å². The van der Waals surface area contributed by atoms with Crippen LogP contribution in [-0.4, -0.2) is 50.5 Å². The van der Waals surface area contributed by atoms with Crippen LogP contribution in [0.3, 0.4) is 0 Å². The van der Waals surface area contributed by atoms with E-state index in [0.29, 0.717) is 17.2 Å². The summed E-state index contributed by atoms with van der Waals surface area (Å²) in [5.74, 6) is -0.820. The predicted molar refractivity (Wildman–Crippen MR) is 89.6 cm³/mol. The highest BCUT2D eigenvalue weighted by Gasteiger charge is 2.35. The Morgan fingerprint density at radius 1 is 1.27 bits per heavy atom. The van der Waals surface area contributed by atoms with Gasteiger partial charge in [0.25, 0.3) is 12.1 Å². The minimum atomic E-state index is -4.48. The van der Waals surface area contributed by atoms with Gasteiger partial charge in [-0.25, -0.2) is 30.3 Å². The van der Waals surface area contributed by atoms with E-state index in [-0.39, 0.29) is 8.73 Å². The van der Waals surface area contributed by atoms with Crippen LogP contribution in [0.15, 0.2) is 12.1 Å². The number of hydrogen-bond acceptors (Lipinski definition) is 7. The van der Waals surface area contributed by atoms with E-state index in [1.807, 2.05) is 0 Å². The van der Waals surface area contributed by atoms with Crippen molar-refractivity contribution in [1.29, 1.82) is 0 Å². The summed E-state index contributed by atoms with van der Waals surface area (Å²) in [6.07, 6.45) is -1.90. The molecule has 1 heterocycles. The molecule has 0 saturated heterocycles. The number of sulfonamides is 2. The van der Waals surface area contributed by atoms with Crippen LogP contribution in [0.25, 0.3) is 10.9 Å². The summed E-state index contributed by atoms with van der Waals surface area (Å²) >= 11 is 5.95. The fraction of sp³-hybridized carbons (Fsp3) is 0.364. The molecule has 0 aliphatic rings. The molecule has 0 fully saturated rings. The average molecular weight is 433 g/mol. The summed E-state index contributed by atoms with van der Waals surface area (Å²) in [5.41, 5.74) is -1.21. The van der Waals surface area contributed by atoms with Crippen molar-refractivity contribution in [3.05, 3.63) is 27.3 Å². The van der Waals surface area contributed by atoms with Gasteiger partial charge in [-0.05, 0) is 6.07 Å². The predicted octanol–water partition coefficient (Wildman–Crippen LogP) is 1.59.